The van der Waals surface area contributed by atoms with E-state index in [9.17, 15) is 0 Å². The van der Waals surface area contributed by atoms with Crippen LogP contribution in [0.1, 0.15) is 44.7 Å². The molecule has 4 nitrogen and oxygen atoms in total. The molecule has 0 amide bonds. The molecule has 96 valence electrons. The summed E-state index contributed by atoms with van der Waals surface area (Å²) in [5, 5.41) is 4.20. The molecule has 0 bridgehead atoms. The lowest BCUT2D eigenvalue weighted by atomic mass is 9.78. The summed E-state index contributed by atoms with van der Waals surface area (Å²) in [6.45, 7) is 2.37. The largest absolute Gasteiger partial charge is 0.273 e. The van der Waals surface area contributed by atoms with Crippen molar-refractivity contribution in [3.63, 3.8) is 0 Å². The summed E-state index contributed by atoms with van der Waals surface area (Å²) < 4.78 is 1.95. The molecule has 1 aliphatic carbocycles. The van der Waals surface area contributed by atoms with Crippen LogP contribution in [0.5, 0.6) is 0 Å². The Morgan fingerprint density at radius 2 is 2.24 bits per heavy atom. The van der Waals surface area contributed by atoms with Crippen LogP contribution in [0.15, 0.2) is 12.3 Å². The Kier molecular flexibility index (Phi) is 3.84. The monoisotopic (exact) mass is 236 g/mol. The van der Waals surface area contributed by atoms with Gasteiger partial charge in [0, 0.05) is 25.0 Å². The van der Waals surface area contributed by atoms with Crippen molar-refractivity contribution in [3.05, 3.63) is 18.0 Å². The first-order valence-corrected chi connectivity index (χ1v) is 6.59. The average Bonchev–Trinajstić information content (AvgIpc) is 2.90. The molecule has 0 spiro atoms. The highest BCUT2D eigenvalue weighted by Crippen LogP contribution is 2.41. The summed E-state index contributed by atoms with van der Waals surface area (Å²) in [6, 6.07) is 2.50. The topological polar surface area (TPSA) is 55.9 Å². The summed E-state index contributed by atoms with van der Waals surface area (Å²) in [4.78, 5) is 0. The standard InChI is InChI=1S/C13H24N4/c1-13(8-3-4-9-13)12(16-14)6-5-11-7-10-15-17(11)2/h7,10,12,16H,3-6,8-9,14H2,1-2H3. The first-order chi connectivity index (χ1) is 8.15. The normalized spacial score (nSPS) is 20.6. The molecule has 1 aliphatic rings. The maximum absolute atomic E-state index is 5.74. The van der Waals surface area contributed by atoms with Crippen molar-refractivity contribution in [3.8, 4) is 0 Å². The number of nitrogens with two attached hydrogens (primary N) is 1. The van der Waals surface area contributed by atoms with Crippen LogP contribution in [0.25, 0.3) is 0 Å². The van der Waals surface area contributed by atoms with Crippen LogP contribution in [0.3, 0.4) is 0 Å². The summed E-state index contributed by atoms with van der Waals surface area (Å²) >= 11 is 0. The van der Waals surface area contributed by atoms with E-state index >= 15 is 0 Å². The second kappa shape index (κ2) is 5.19. The molecular weight excluding hydrogens is 212 g/mol. The Bertz CT molecular complexity index is 352. The smallest absolute Gasteiger partial charge is 0.0492 e. The van der Waals surface area contributed by atoms with Gasteiger partial charge in [0.25, 0.3) is 0 Å². The number of rotatable bonds is 5. The van der Waals surface area contributed by atoms with E-state index in [-0.39, 0.29) is 0 Å². The van der Waals surface area contributed by atoms with Crippen molar-refractivity contribution >= 4 is 0 Å². The van der Waals surface area contributed by atoms with Crippen molar-refractivity contribution in [2.75, 3.05) is 0 Å². The molecule has 2 rings (SSSR count). The lowest BCUT2D eigenvalue weighted by Crippen LogP contribution is -2.46. The molecule has 3 N–H and O–H groups in total. The third-order valence-electron chi connectivity index (χ3n) is 4.40. The van der Waals surface area contributed by atoms with Gasteiger partial charge in [-0.05, 0) is 37.2 Å². The molecule has 0 saturated heterocycles. The Balaban J connectivity index is 1.94. The number of aromatic nitrogens is 2. The van der Waals surface area contributed by atoms with Gasteiger partial charge >= 0.3 is 0 Å². The Labute approximate surface area is 104 Å². The van der Waals surface area contributed by atoms with Gasteiger partial charge in [-0.3, -0.25) is 16.0 Å². The zero-order valence-corrected chi connectivity index (χ0v) is 10.9. The summed E-state index contributed by atoms with van der Waals surface area (Å²) in [5.74, 6) is 5.74. The molecule has 1 aromatic rings. The number of aryl methyl sites for hydroxylation is 2. The number of hydrogen-bond donors (Lipinski definition) is 2. The maximum atomic E-state index is 5.74. The van der Waals surface area contributed by atoms with Crippen LogP contribution in [0.2, 0.25) is 0 Å². The van der Waals surface area contributed by atoms with Gasteiger partial charge in [-0.25, -0.2) is 0 Å². The molecule has 0 radical (unpaired) electrons. The lowest BCUT2D eigenvalue weighted by molar-refractivity contribution is 0.211. The molecular formula is C13H24N4. The molecule has 17 heavy (non-hydrogen) atoms. The average molecular weight is 236 g/mol. The van der Waals surface area contributed by atoms with Crippen LogP contribution in [0.4, 0.5) is 0 Å². The van der Waals surface area contributed by atoms with E-state index in [4.69, 9.17) is 5.84 Å². The highest BCUT2D eigenvalue weighted by molar-refractivity contribution is 5.02. The van der Waals surface area contributed by atoms with Crippen LogP contribution in [0, 0.1) is 5.41 Å². The van der Waals surface area contributed by atoms with Gasteiger partial charge in [0.1, 0.15) is 0 Å². The van der Waals surface area contributed by atoms with E-state index in [0.29, 0.717) is 11.5 Å². The lowest BCUT2D eigenvalue weighted by Gasteiger charge is -2.33. The van der Waals surface area contributed by atoms with Crippen molar-refractivity contribution < 1.29 is 0 Å². The summed E-state index contributed by atoms with van der Waals surface area (Å²) in [5.41, 5.74) is 4.70. The third-order valence-corrected chi connectivity index (χ3v) is 4.40. The van der Waals surface area contributed by atoms with Gasteiger partial charge < -0.3 is 0 Å². The van der Waals surface area contributed by atoms with Gasteiger partial charge in [0.05, 0.1) is 0 Å². The van der Waals surface area contributed by atoms with Gasteiger partial charge in [-0.15, -0.1) is 0 Å². The first-order valence-electron chi connectivity index (χ1n) is 6.59. The maximum Gasteiger partial charge on any atom is 0.0492 e. The van der Waals surface area contributed by atoms with Gasteiger partial charge in [0.15, 0.2) is 0 Å². The van der Waals surface area contributed by atoms with Crippen LogP contribution < -0.4 is 11.3 Å². The van der Waals surface area contributed by atoms with Crippen molar-refractivity contribution in [2.45, 2.75) is 51.5 Å². The minimum absolute atomic E-state index is 0.382. The predicted molar refractivity (Wildman–Crippen MR) is 69.2 cm³/mol. The SMILES string of the molecule is Cn1nccc1CCC(NN)C1(C)CCCC1. The molecule has 1 fully saturated rings. The number of nitrogens with one attached hydrogen (secondary N) is 1. The second-order valence-electron chi connectivity index (χ2n) is 5.57. The predicted octanol–water partition coefficient (Wildman–Crippen LogP) is 1.76. The molecule has 1 unspecified atom stereocenters. The van der Waals surface area contributed by atoms with E-state index < -0.39 is 0 Å². The third kappa shape index (κ3) is 2.69. The molecule has 1 aromatic heterocycles. The van der Waals surface area contributed by atoms with Gasteiger partial charge in [0.2, 0.25) is 0 Å². The molecule has 0 aliphatic heterocycles. The van der Waals surface area contributed by atoms with E-state index in [2.05, 4.69) is 23.5 Å². The minimum Gasteiger partial charge on any atom is -0.273 e. The zero-order valence-electron chi connectivity index (χ0n) is 10.9. The second-order valence-corrected chi connectivity index (χ2v) is 5.57. The molecule has 1 saturated carbocycles. The van der Waals surface area contributed by atoms with Crippen molar-refractivity contribution in [2.24, 2.45) is 18.3 Å². The Hall–Kier alpha value is -0.870. The quantitative estimate of drug-likeness (QED) is 0.605. The van der Waals surface area contributed by atoms with E-state index in [1.54, 1.807) is 0 Å². The zero-order chi connectivity index (χ0) is 12.3. The van der Waals surface area contributed by atoms with Crippen LogP contribution in [-0.4, -0.2) is 15.8 Å². The van der Waals surface area contributed by atoms with E-state index in [0.717, 1.165) is 12.8 Å². The van der Waals surface area contributed by atoms with Gasteiger partial charge in [-0.2, -0.15) is 5.10 Å². The number of hydrogen-bond acceptors (Lipinski definition) is 3. The minimum atomic E-state index is 0.382. The summed E-state index contributed by atoms with van der Waals surface area (Å²) in [7, 11) is 2.00. The highest BCUT2D eigenvalue weighted by Gasteiger charge is 2.36. The van der Waals surface area contributed by atoms with Crippen LogP contribution >= 0.6 is 0 Å². The van der Waals surface area contributed by atoms with Crippen molar-refractivity contribution in [1.82, 2.24) is 15.2 Å². The fourth-order valence-electron chi connectivity index (χ4n) is 3.10. The summed E-state index contributed by atoms with van der Waals surface area (Å²) in [6.07, 6.45) is 9.28. The fraction of sp³-hybridized carbons (Fsp3) is 0.769. The molecule has 1 heterocycles. The highest BCUT2D eigenvalue weighted by atomic mass is 15.3. The van der Waals surface area contributed by atoms with E-state index in [1.807, 2.05) is 17.9 Å². The molecule has 0 aromatic carbocycles. The van der Waals surface area contributed by atoms with Gasteiger partial charge in [-0.1, -0.05) is 19.8 Å². The van der Waals surface area contributed by atoms with Crippen LogP contribution in [-0.2, 0) is 13.5 Å². The molecule has 4 heteroatoms. The number of nitrogens with zero attached hydrogens (tertiary/aromatic N) is 2. The fourth-order valence-corrected chi connectivity index (χ4v) is 3.10. The Morgan fingerprint density at radius 1 is 1.53 bits per heavy atom. The first kappa shape index (κ1) is 12.6. The molecule has 1 atom stereocenters. The van der Waals surface area contributed by atoms with Crippen molar-refractivity contribution in [1.29, 1.82) is 0 Å². The number of hydrazine groups is 1. The van der Waals surface area contributed by atoms with E-state index in [1.165, 1.54) is 31.4 Å². The Morgan fingerprint density at radius 3 is 2.76 bits per heavy atom.